The first-order chi connectivity index (χ1) is 11.5. The van der Waals surface area contributed by atoms with Gasteiger partial charge in [-0.05, 0) is 56.7 Å². The minimum absolute atomic E-state index is 0.0960. The van der Waals surface area contributed by atoms with E-state index in [4.69, 9.17) is 0 Å². The maximum atomic E-state index is 12.6. The molecule has 0 spiro atoms. The normalized spacial score (nSPS) is 19.7. The molecule has 24 heavy (non-hydrogen) atoms. The molecule has 1 heterocycles. The van der Waals surface area contributed by atoms with Gasteiger partial charge in [-0.25, -0.2) is 0 Å². The molecule has 0 radical (unpaired) electrons. The topological polar surface area (TPSA) is 61.4 Å². The van der Waals surface area contributed by atoms with Crippen LogP contribution in [0.3, 0.4) is 0 Å². The van der Waals surface area contributed by atoms with Crippen LogP contribution in [0.15, 0.2) is 24.3 Å². The number of nitrogens with zero attached hydrogens (tertiary/aromatic N) is 1. The van der Waals surface area contributed by atoms with Gasteiger partial charge in [-0.3, -0.25) is 9.59 Å². The summed E-state index contributed by atoms with van der Waals surface area (Å²) >= 11 is 0. The molecule has 1 aliphatic carbocycles. The molecule has 2 N–H and O–H groups in total. The van der Waals surface area contributed by atoms with E-state index >= 15 is 0 Å². The largest absolute Gasteiger partial charge is 0.374 e. The molecule has 130 valence electrons. The van der Waals surface area contributed by atoms with Gasteiger partial charge in [0.25, 0.3) is 0 Å². The Labute approximate surface area is 143 Å². The van der Waals surface area contributed by atoms with Crippen molar-refractivity contribution in [3.63, 3.8) is 0 Å². The predicted octanol–water partition coefficient (Wildman–Crippen LogP) is 3.09. The molecule has 0 aromatic heterocycles. The van der Waals surface area contributed by atoms with Crippen molar-refractivity contribution in [2.75, 3.05) is 23.7 Å². The van der Waals surface area contributed by atoms with Crippen LogP contribution in [0.1, 0.15) is 39.5 Å². The van der Waals surface area contributed by atoms with Crippen molar-refractivity contribution in [1.82, 2.24) is 4.90 Å². The molecule has 3 rings (SSSR count). The number of nitrogens with one attached hydrogen (secondary N) is 2. The summed E-state index contributed by atoms with van der Waals surface area (Å²) < 4.78 is 0. The molecule has 5 heteroatoms. The molecule has 1 aliphatic heterocycles. The van der Waals surface area contributed by atoms with E-state index < -0.39 is 0 Å². The third-order valence-electron chi connectivity index (χ3n) is 4.93. The number of carbonyl (C=O) groups excluding carboxylic acids is 2. The van der Waals surface area contributed by atoms with E-state index in [0.717, 1.165) is 50.1 Å². The van der Waals surface area contributed by atoms with E-state index in [1.807, 2.05) is 36.1 Å². The quantitative estimate of drug-likeness (QED) is 0.872. The molecular formula is C19H27N3O2. The first-order valence-electron chi connectivity index (χ1n) is 8.99. The van der Waals surface area contributed by atoms with Crippen molar-refractivity contribution >= 4 is 23.2 Å². The van der Waals surface area contributed by atoms with Gasteiger partial charge in [0, 0.05) is 30.4 Å². The van der Waals surface area contributed by atoms with Crippen LogP contribution in [0, 0.1) is 11.8 Å². The average Bonchev–Trinajstić information content (AvgIpc) is 3.40. The van der Waals surface area contributed by atoms with Gasteiger partial charge in [0.1, 0.15) is 6.04 Å². The molecule has 1 saturated heterocycles. The van der Waals surface area contributed by atoms with E-state index in [-0.39, 0.29) is 23.8 Å². The number of carbonyl (C=O) groups is 2. The number of benzene rings is 1. The third-order valence-corrected chi connectivity index (χ3v) is 4.93. The highest BCUT2D eigenvalue weighted by atomic mass is 16.2. The maximum Gasteiger partial charge on any atom is 0.244 e. The molecule has 1 aromatic rings. The van der Waals surface area contributed by atoms with Crippen molar-refractivity contribution in [2.45, 2.75) is 45.6 Å². The van der Waals surface area contributed by atoms with Crippen LogP contribution in [0.2, 0.25) is 0 Å². The van der Waals surface area contributed by atoms with Gasteiger partial charge in [0.05, 0.1) is 0 Å². The lowest BCUT2D eigenvalue weighted by atomic mass is 9.99. The van der Waals surface area contributed by atoms with E-state index in [1.54, 1.807) is 0 Å². The number of rotatable bonds is 5. The zero-order valence-electron chi connectivity index (χ0n) is 14.5. The predicted molar refractivity (Wildman–Crippen MR) is 95.9 cm³/mol. The molecule has 5 nitrogen and oxygen atoms in total. The van der Waals surface area contributed by atoms with Gasteiger partial charge >= 0.3 is 0 Å². The zero-order chi connectivity index (χ0) is 17.1. The summed E-state index contributed by atoms with van der Waals surface area (Å²) in [7, 11) is 0. The second-order valence-electron chi connectivity index (χ2n) is 7.22. The average molecular weight is 329 g/mol. The van der Waals surface area contributed by atoms with Crippen molar-refractivity contribution in [2.24, 2.45) is 11.8 Å². The summed E-state index contributed by atoms with van der Waals surface area (Å²) in [5.41, 5.74) is 1.64. The molecule has 1 aromatic carbocycles. The lowest BCUT2D eigenvalue weighted by molar-refractivity contribution is -0.133. The summed E-state index contributed by atoms with van der Waals surface area (Å²) in [4.78, 5) is 26.4. The van der Waals surface area contributed by atoms with Crippen LogP contribution in [-0.4, -0.2) is 35.8 Å². The summed E-state index contributed by atoms with van der Waals surface area (Å²) in [5.74, 6) is 1.14. The summed E-state index contributed by atoms with van der Waals surface area (Å²) in [6, 6.07) is 7.32. The van der Waals surface area contributed by atoms with Gasteiger partial charge < -0.3 is 15.5 Å². The lowest BCUT2D eigenvalue weighted by Crippen LogP contribution is -2.45. The van der Waals surface area contributed by atoms with Gasteiger partial charge in [0.15, 0.2) is 0 Å². The minimum atomic E-state index is -0.271. The fraction of sp³-hybridized carbons (Fsp3) is 0.579. The fourth-order valence-corrected chi connectivity index (χ4v) is 3.09. The highest BCUT2D eigenvalue weighted by Crippen LogP contribution is 2.30. The Hall–Kier alpha value is -2.04. The number of amides is 2. The molecule has 2 aliphatic rings. The molecular weight excluding hydrogens is 302 g/mol. The van der Waals surface area contributed by atoms with Gasteiger partial charge in [-0.1, -0.05) is 13.0 Å². The molecule has 0 bridgehead atoms. The van der Waals surface area contributed by atoms with Gasteiger partial charge in [-0.15, -0.1) is 0 Å². The van der Waals surface area contributed by atoms with Gasteiger partial charge in [-0.2, -0.15) is 0 Å². The number of hydrogen-bond acceptors (Lipinski definition) is 3. The van der Waals surface area contributed by atoms with E-state index in [2.05, 4.69) is 17.6 Å². The SMILES string of the molecule is CC1CCN(C(=O)C(C)Nc2cccc(NC(=O)C3CC3)c2)CC1. The van der Waals surface area contributed by atoms with Crippen LogP contribution in [0.5, 0.6) is 0 Å². The highest BCUT2D eigenvalue weighted by Gasteiger charge is 2.29. The van der Waals surface area contributed by atoms with Crippen molar-refractivity contribution in [3.05, 3.63) is 24.3 Å². The highest BCUT2D eigenvalue weighted by molar-refractivity contribution is 5.94. The summed E-state index contributed by atoms with van der Waals surface area (Å²) in [5, 5.41) is 6.21. The van der Waals surface area contributed by atoms with E-state index in [1.165, 1.54) is 0 Å². The Morgan fingerprint density at radius 1 is 1.12 bits per heavy atom. The van der Waals surface area contributed by atoms with E-state index in [9.17, 15) is 9.59 Å². The molecule has 1 unspecified atom stereocenters. The van der Waals surface area contributed by atoms with Crippen LogP contribution in [-0.2, 0) is 9.59 Å². The Bertz CT molecular complexity index is 604. The Balaban J connectivity index is 1.56. The first kappa shape index (κ1) is 16.8. The first-order valence-corrected chi connectivity index (χ1v) is 8.99. The Morgan fingerprint density at radius 3 is 2.46 bits per heavy atom. The summed E-state index contributed by atoms with van der Waals surface area (Å²) in [6.07, 6.45) is 4.15. The Morgan fingerprint density at radius 2 is 1.79 bits per heavy atom. The third kappa shape index (κ3) is 4.28. The smallest absolute Gasteiger partial charge is 0.244 e. The van der Waals surface area contributed by atoms with Crippen LogP contribution in [0.25, 0.3) is 0 Å². The summed E-state index contributed by atoms with van der Waals surface area (Å²) in [6.45, 7) is 5.84. The minimum Gasteiger partial charge on any atom is -0.374 e. The number of piperidine rings is 1. The number of likely N-dealkylation sites (tertiary alicyclic amines) is 1. The van der Waals surface area contributed by atoms with Crippen LogP contribution < -0.4 is 10.6 Å². The van der Waals surface area contributed by atoms with Crippen molar-refractivity contribution in [1.29, 1.82) is 0 Å². The van der Waals surface area contributed by atoms with Crippen molar-refractivity contribution < 1.29 is 9.59 Å². The second-order valence-corrected chi connectivity index (χ2v) is 7.22. The van der Waals surface area contributed by atoms with Crippen molar-refractivity contribution in [3.8, 4) is 0 Å². The number of hydrogen-bond donors (Lipinski definition) is 2. The lowest BCUT2D eigenvalue weighted by Gasteiger charge is -2.32. The molecule has 2 amide bonds. The van der Waals surface area contributed by atoms with Crippen LogP contribution >= 0.6 is 0 Å². The zero-order valence-corrected chi connectivity index (χ0v) is 14.5. The molecule has 2 fully saturated rings. The fourth-order valence-electron chi connectivity index (χ4n) is 3.09. The monoisotopic (exact) mass is 329 g/mol. The van der Waals surface area contributed by atoms with Gasteiger partial charge in [0.2, 0.25) is 11.8 Å². The standard InChI is InChI=1S/C19H27N3O2/c1-13-8-10-22(11-9-13)19(24)14(2)20-16-4-3-5-17(12-16)21-18(23)15-6-7-15/h3-5,12-15,20H,6-11H2,1-2H3,(H,21,23). The Kier molecular flexibility index (Phi) is 5.07. The number of anilines is 2. The van der Waals surface area contributed by atoms with E-state index in [0.29, 0.717) is 5.92 Å². The van der Waals surface area contributed by atoms with Crippen LogP contribution in [0.4, 0.5) is 11.4 Å². The molecule has 1 atom stereocenters. The molecule has 1 saturated carbocycles. The second kappa shape index (κ2) is 7.24. The maximum absolute atomic E-state index is 12.6.